The molecule has 3 heterocycles. The lowest BCUT2D eigenvalue weighted by molar-refractivity contribution is 0.700. The van der Waals surface area contributed by atoms with Crippen LogP contribution < -0.4 is 5.32 Å². The molecule has 0 saturated heterocycles. The third-order valence-electron chi connectivity index (χ3n) is 4.22. The van der Waals surface area contributed by atoms with Gasteiger partial charge in [-0.2, -0.15) is 0 Å². The third kappa shape index (κ3) is 2.75. The highest BCUT2D eigenvalue weighted by Gasteiger charge is 2.19. The highest BCUT2D eigenvalue weighted by Crippen LogP contribution is 2.38. The van der Waals surface area contributed by atoms with Crippen molar-refractivity contribution in [2.75, 3.05) is 11.9 Å². The number of nitrogens with zero attached hydrogens (tertiary/aromatic N) is 2. The fraction of sp³-hybridized carbons (Fsp3) is 0.412. The van der Waals surface area contributed by atoms with E-state index < -0.39 is 0 Å². The van der Waals surface area contributed by atoms with Gasteiger partial charge in [-0.3, -0.25) is 0 Å². The molecule has 0 bridgehead atoms. The Balaban J connectivity index is 1.50. The van der Waals surface area contributed by atoms with Crippen molar-refractivity contribution in [1.82, 2.24) is 9.97 Å². The molecular formula is C17H19N3S2. The molecule has 4 rings (SSSR count). The van der Waals surface area contributed by atoms with Crippen LogP contribution in [0.3, 0.4) is 0 Å². The van der Waals surface area contributed by atoms with E-state index in [0.717, 1.165) is 30.0 Å². The summed E-state index contributed by atoms with van der Waals surface area (Å²) in [5.74, 6) is 1.04. The molecule has 0 fully saturated rings. The first-order valence-corrected chi connectivity index (χ1v) is 9.63. The summed E-state index contributed by atoms with van der Waals surface area (Å²) < 4.78 is 0. The van der Waals surface area contributed by atoms with Gasteiger partial charge in [0, 0.05) is 16.3 Å². The molecule has 0 spiro atoms. The minimum absolute atomic E-state index is 0.967. The second kappa shape index (κ2) is 6.34. The minimum Gasteiger partial charge on any atom is -0.369 e. The number of anilines is 1. The molecule has 0 atom stereocenters. The molecule has 3 nitrogen and oxygen atoms in total. The van der Waals surface area contributed by atoms with Crippen LogP contribution in [0.5, 0.6) is 0 Å². The topological polar surface area (TPSA) is 37.8 Å². The molecule has 0 radical (unpaired) electrons. The standard InChI is InChI=1S/C17H19N3S2/c1-2-8-14-13(7-1)15-16(19-11-20-17(15)22-14)18-9-3-5-12-6-4-10-21-12/h4,6,10-11H,1-3,5,7-9H2,(H,18,19,20). The summed E-state index contributed by atoms with van der Waals surface area (Å²) in [5.41, 5.74) is 1.51. The maximum Gasteiger partial charge on any atom is 0.138 e. The molecule has 0 saturated carbocycles. The molecule has 0 amide bonds. The Bertz CT molecular complexity index is 762. The summed E-state index contributed by atoms with van der Waals surface area (Å²) in [4.78, 5) is 13.1. The van der Waals surface area contributed by atoms with E-state index >= 15 is 0 Å². The largest absolute Gasteiger partial charge is 0.369 e. The zero-order chi connectivity index (χ0) is 14.8. The first-order valence-electron chi connectivity index (χ1n) is 7.93. The summed E-state index contributed by atoms with van der Waals surface area (Å²) in [6.45, 7) is 0.967. The van der Waals surface area contributed by atoms with E-state index in [1.54, 1.807) is 6.33 Å². The molecule has 0 unspecified atom stereocenters. The highest BCUT2D eigenvalue weighted by atomic mass is 32.1. The van der Waals surface area contributed by atoms with Crippen LogP contribution in [0.1, 0.15) is 34.6 Å². The van der Waals surface area contributed by atoms with E-state index in [9.17, 15) is 0 Å². The predicted molar refractivity (Wildman–Crippen MR) is 95.2 cm³/mol. The van der Waals surface area contributed by atoms with Crippen LogP contribution in [0, 0.1) is 0 Å². The molecule has 3 aromatic rings. The van der Waals surface area contributed by atoms with Gasteiger partial charge in [0.05, 0.1) is 5.39 Å². The molecule has 1 N–H and O–H groups in total. The van der Waals surface area contributed by atoms with E-state index in [1.165, 1.54) is 46.4 Å². The van der Waals surface area contributed by atoms with E-state index in [1.807, 2.05) is 22.7 Å². The Morgan fingerprint density at radius 2 is 2.14 bits per heavy atom. The van der Waals surface area contributed by atoms with Gasteiger partial charge >= 0.3 is 0 Å². The average Bonchev–Trinajstić information content (AvgIpc) is 3.19. The molecule has 22 heavy (non-hydrogen) atoms. The monoisotopic (exact) mass is 329 g/mol. The van der Waals surface area contributed by atoms with E-state index in [4.69, 9.17) is 0 Å². The van der Waals surface area contributed by atoms with Crippen LogP contribution in [-0.2, 0) is 19.3 Å². The van der Waals surface area contributed by atoms with Crippen molar-refractivity contribution in [3.8, 4) is 0 Å². The quantitative estimate of drug-likeness (QED) is 0.691. The first kappa shape index (κ1) is 14.2. The smallest absolute Gasteiger partial charge is 0.138 e. The van der Waals surface area contributed by atoms with Gasteiger partial charge < -0.3 is 5.32 Å². The summed E-state index contributed by atoms with van der Waals surface area (Å²) in [6.07, 6.45) is 8.99. The number of rotatable bonds is 5. The molecule has 5 heteroatoms. The fourth-order valence-corrected chi connectivity index (χ4v) is 5.13. The number of hydrogen-bond acceptors (Lipinski definition) is 5. The van der Waals surface area contributed by atoms with Crippen molar-refractivity contribution < 1.29 is 0 Å². The molecule has 0 aromatic carbocycles. The SMILES string of the molecule is c1csc(CCCNc2ncnc3sc4c(c23)CCCC4)c1. The number of fused-ring (bicyclic) bond motifs is 3. The van der Waals surface area contributed by atoms with Gasteiger partial charge in [0.15, 0.2) is 0 Å². The lowest BCUT2D eigenvalue weighted by Crippen LogP contribution is -2.06. The van der Waals surface area contributed by atoms with Crippen LogP contribution >= 0.6 is 22.7 Å². The molecule has 1 aliphatic carbocycles. The minimum atomic E-state index is 0.967. The zero-order valence-corrected chi connectivity index (χ0v) is 14.1. The van der Waals surface area contributed by atoms with Crippen LogP contribution in [0.2, 0.25) is 0 Å². The van der Waals surface area contributed by atoms with Gasteiger partial charge in [0.2, 0.25) is 0 Å². The van der Waals surface area contributed by atoms with Gasteiger partial charge in [-0.1, -0.05) is 6.07 Å². The Kier molecular flexibility index (Phi) is 4.08. The predicted octanol–water partition coefficient (Wildman–Crippen LogP) is 4.68. The van der Waals surface area contributed by atoms with E-state index in [2.05, 4.69) is 32.8 Å². The third-order valence-corrected chi connectivity index (χ3v) is 6.36. The molecule has 0 aliphatic heterocycles. The van der Waals surface area contributed by atoms with E-state index in [-0.39, 0.29) is 0 Å². The van der Waals surface area contributed by atoms with Crippen molar-refractivity contribution in [2.24, 2.45) is 0 Å². The van der Waals surface area contributed by atoms with Crippen LogP contribution in [-0.4, -0.2) is 16.5 Å². The van der Waals surface area contributed by atoms with Crippen LogP contribution in [0.25, 0.3) is 10.2 Å². The number of aryl methyl sites for hydroxylation is 3. The van der Waals surface area contributed by atoms with Gasteiger partial charge in [-0.25, -0.2) is 9.97 Å². The number of thiophene rings is 2. The van der Waals surface area contributed by atoms with Crippen molar-refractivity contribution in [3.05, 3.63) is 39.2 Å². The summed E-state index contributed by atoms with van der Waals surface area (Å²) in [5, 5.41) is 6.98. The molecule has 1 aliphatic rings. The Morgan fingerprint density at radius 3 is 3.05 bits per heavy atom. The summed E-state index contributed by atoms with van der Waals surface area (Å²) >= 11 is 3.70. The maximum absolute atomic E-state index is 4.51. The zero-order valence-electron chi connectivity index (χ0n) is 12.5. The first-order chi connectivity index (χ1) is 10.9. The number of nitrogens with one attached hydrogen (secondary N) is 1. The van der Waals surface area contributed by atoms with Crippen molar-refractivity contribution in [2.45, 2.75) is 38.5 Å². The Morgan fingerprint density at radius 1 is 1.18 bits per heavy atom. The van der Waals surface area contributed by atoms with Gasteiger partial charge in [-0.05, 0) is 55.5 Å². The molecule has 114 valence electrons. The summed E-state index contributed by atoms with van der Waals surface area (Å²) in [7, 11) is 0. The lowest BCUT2D eigenvalue weighted by Gasteiger charge is -2.12. The maximum atomic E-state index is 4.51. The second-order valence-electron chi connectivity index (χ2n) is 5.72. The second-order valence-corrected chi connectivity index (χ2v) is 7.84. The van der Waals surface area contributed by atoms with Crippen molar-refractivity contribution >= 4 is 38.7 Å². The Labute approximate surface area is 138 Å². The summed E-state index contributed by atoms with van der Waals surface area (Å²) in [6, 6.07) is 4.34. The van der Waals surface area contributed by atoms with Gasteiger partial charge in [0.1, 0.15) is 17.0 Å². The average molecular weight is 329 g/mol. The van der Waals surface area contributed by atoms with Crippen molar-refractivity contribution in [1.29, 1.82) is 0 Å². The molecular weight excluding hydrogens is 310 g/mol. The normalized spacial score (nSPS) is 14.2. The van der Waals surface area contributed by atoms with E-state index in [0.29, 0.717) is 0 Å². The van der Waals surface area contributed by atoms with Gasteiger partial charge in [0.25, 0.3) is 0 Å². The van der Waals surface area contributed by atoms with Crippen molar-refractivity contribution in [3.63, 3.8) is 0 Å². The van der Waals surface area contributed by atoms with Gasteiger partial charge in [-0.15, -0.1) is 22.7 Å². The number of hydrogen-bond donors (Lipinski definition) is 1. The molecule has 3 aromatic heterocycles. The Hall–Kier alpha value is -1.46. The fourth-order valence-electron chi connectivity index (χ4n) is 3.15. The lowest BCUT2D eigenvalue weighted by atomic mass is 9.97. The number of aromatic nitrogens is 2. The van der Waals surface area contributed by atoms with Crippen LogP contribution in [0.4, 0.5) is 5.82 Å². The highest BCUT2D eigenvalue weighted by molar-refractivity contribution is 7.19. The van der Waals surface area contributed by atoms with Crippen LogP contribution in [0.15, 0.2) is 23.8 Å².